The van der Waals surface area contributed by atoms with Crippen molar-refractivity contribution in [1.29, 1.82) is 0 Å². The molecule has 0 bridgehead atoms. The van der Waals surface area contributed by atoms with Crippen LogP contribution in [-0.2, 0) is 11.3 Å². The second-order valence-electron chi connectivity index (χ2n) is 3.91. The van der Waals surface area contributed by atoms with E-state index >= 15 is 0 Å². The number of hydrogen-bond acceptors (Lipinski definition) is 5. The smallest absolute Gasteiger partial charge is 0.231 e. The minimum Gasteiger partial charge on any atom is -0.454 e. The molecule has 1 aromatic rings. The summed E-state index contributed by atoms with van der Waals surface area (Å²) in [7, 11) is 3.42. The molecule has 1 aromatic carbocycles. The van der Waals surface area contributed by atoms with E-state index in [-0.39, 0.29) is 6.79 Å². The van der Waals surface area contributed by atoms with Crippen LogP contribution in [0.5, 0.6) is 11.5 Å². The number of ether oxygens (including phenoxy) is 3. The molecule has 0 amide bonds. The van der Waals surface area contributed by atoms with Gasteiger partial charge in [-0.3, -0.25) is 0 Å². The van der Waals surface area contributed by atoms with Gasteiger partial charge in [-0.2, -0.15) is 0 Å². The number of likely N-dealkylation sites (N-methyl/N-ethyl adjacent to an activating group) is 1. The van der Waals surface area contributed by atoms with Gasteiger partial charge in [0.15, 0.2) is 11.5 Å². The molecular formula is C12H17NO4. The molecule has 0 saturated heterocycles. The summed E-state index contributed by atoms with van der Waals surface area (Å²) in [6, 6.07) is 3.68. The third kappa shape index (κ3) is 2.52. The van der Waals surface area contributed by atoms with Gasteiger partial charge in [0, 0.05) is 13.7 Å². The summed E-state index contributed by atoms with van der Waals surface area (Å²) in [6.07, 6.45) is -0.584. The predicted octanol–water partition coefficient (Wildman–Crippen LogP) is 0.815. The Morgan fingerprint density at radius 3 is 2.76 bits per heavy atom. The van der Waals surface area contributed by atoms with E-state index in [0.717, 1.165) is 11.1 Å². The van der Waals surface area contributed by atoms with Crippen molar-refractivity contribution in [3.8, 4) is 11.5 Å². The van der Waals surface area contributed by atoms with Crippen LogP contribution in [0.1, 0.15) is 17.2 Å². The summed E-state index contributed by atoms with van der Waals surface area (Å²) >= 11 is 0. The minimum absolute atomic E-state index is 0.229. The third-order valence-electron chi connectivity index (χ3n) is 2.69. The number of benzene rings is 1. The first-order valence-electron chi connectivity index (χ1n) is 5.50. The topological polar surface area (TPSA) is 60.0 Å². The van der Waals surface area contributed by atoms with Crippen LogP contribution in [-0.4, -0.2) is 32.6 Å². The maximum atomic E-state index is 10.0. The van der Waals surface area contributed by atoms with Crippen LogP contribution in [0, 0.1) is 0 Å². The van der Waals surface area contributed by atoms with E-state index in [9.17, 15) is 5.11 Å². The van der Waals surface area contributed by atoms with E-state index in [2.05, 4.69) is 5.32 Å². The lowest BCUT2D eigenvalue weighted by atomic mass is 10.0. The maximum absolute atomic E-state index is 10.0. The molecule has 0 fully saturated rings. The van der Waals surface area contributed by atoms with Crippen molar-refractivity contribution in [1.82, 2.24) is 5.32 Å². The third-order valence-corrected chi connectivity index (χ3v) is 2.69. The highest BCUT2D eigenvalue weighted by molar-refractivity contribution is 5.49. The highest BCUT2D eigenvalue weighted by atomic mass is 16.7. The molecule has 1 atom stereocenters. The molecule has 5 heteroatoms. The van der Waals surface area contributed by atoms with Crippen LogP contribution < -0.4 is 14.8 Å². The lowest BCUT2D eigenvalue weighted by molar-refractivity contribution is 0.161. The Hall–Kier alpha value is -1.30. The molecular weight excluding hydrogens is 222 g/mol. The van der Waals surface area contributed by atoms with Crippen LogP contribution in [0.4, 0.5) is 0 Å². The zero-order chi connectivity index (χ0) is 12.3. The van der Waals surface area contributed by atoms with E-state index in [4.69, 9.17) is 14.2 Å². The van der Waals surface area contributed by atoms with Crippen LogP contribution in [0.15, 0.2) is 12.1 Å². The average Bonchev–Trinajstić information content (AvgIpc) is 2.75. The summed E-state index contributed by atoms with van der Waals surface area (Å²) in [5.41, 5.74) is 1.73. The van der Waals surface area contributed by atoms with Crippen molar-refractivity contribution >= 4 is 0 Å². The second kappa shape index (κ2) is 5.35. The van der Waals surface area contributed by atoms with Crippen LogP contribution in [0.3, 0.4) is 0 Å². The van der Waals surface area contributed by atoms with Crippen molar-refractivity contribution in [2.24, 2.45) is 0 Å². The Balaban J connectivity index is 2.33. The Morgan fingerprint density at radius 2 is 2.12 bits per heavy atom. The van der Waals surface area contributed by atoms with Gasteiger partial charge in [-0.1, -0.05) is 0 Å². The van der Waals surface area contributed by atoms with Crippen molar-refractivity contribution in [2.45, 2.75) is 12.7 Å². The van der Waals surface area contributed by atoms with Gasteiger partial charge < -0.3 is 24.6 Å². The Bertz CT molecular complexity index is 394. The van der Waals surface area contributed by atoms with Crippen LogP contribution in [0.25, 0.3) is 0 Å². The first-order valence-corrected chi connectivity index (χ1v) is 5.50. The summed E-state index contributed by atoms with van der Waals surface area (Å²) < 4.78 is 15.7. The fraction of sp³-hybridized carbons (Fsp3) is 0.500. The molecule has 94 valence electrons. The molecule has 2 rings (SSSR count). The fourth-order valence-corrected chi connectivity index (χ4v) is 1.89. The standard InChI is InChI=1S/C12H17NO4/c1-13-5-10(14)9-4-12-11(16-7-17-12)3-8(9)6-15-2/h3-4,10,13-14H,5-7H2,1-2H3. The monoisotopic (exact) mass is 239 g/mol. The molecule has 17 heavy (non-hydrogen) atoms. The Labute approximate surface area is 100 Å². The highest BCUT2D eigenvalue weighted by Gasteiger charge is 2.20. The molecule has 0 radical (unpaired) electrons. The Kier molecular flexibility index (Phi) is 3.83. The average molecular weight is 239 g/mol. The predicted molar refractivity (Wildman–Crippen MR) is 62.2 cm³/mol. The minimum atomic E-state index is -0.584. The second-order valence-corrected chi connectivity index (χ2v) is 3.91. The summed E-state index contributed by atoms with van der Waals surface area (Å²) in [5, 5.41) is 13.0. The van der Waals surface area contributed by atoms with E-state index in [1.165, 1.54) is 0 Å². The van der Waals surface area contributed by atoms with Gasteiger partial charge in [0.05, 0.1) is 12.7 Å². The number of aliphatic hydroxyl groups excluding tert-OH is 1. The van der Waals surface area contributed by atoms with E-state index in [1.54, 1.807) is 14.2 Å². The number of aliphatic hydroxyl groups is 1. The van der Waals surface area contributed by atoms with E-state index in [0.29, 0.717) is 24.7 Å². The first-order chi connectivity index (χ1) is 8.26. The van der Waals surface area contributed by atoms with Crippen LogP contribution >= 0.6 is 0 Å². The van der Waals surface area contributed by atoms with Gasteiger partial charge in [-0.05, 0) is 30.3 Å². The molecule has 5 nitrogen and oxygen atoms in total. The van der Waals surface area contributed by atoms with Gasteiger partial charge in [-0.15, -0.1) is 0 Å². The highest BCUT2D eigenvalue weighted by Crippen LogP contribution is 2.37. The largest absolute Gasteiger partial charge is 0.454 e. The lowest BCUT2D eigenvalue weighted by Gasteiger charge is -2.15. The van der Waals surface area contributed by atoms with Crippen LogP contribution in [0.2, 0.25) is 0 Å². The molecule has 1 unspecified atom stereocenters. The number of methoxy groups -OCH3 is 1. The molecule has 2 N–H and O–H groups in total. The quantitative estimate of drug-likeness (QED) is 0.796. The molecule has 0 saturated carbocycles. The maximum Gasteiger partial charge on any atom is 0.231 e. The molecule has 1 aliphatic heterocycles. The number of hydrogen-bond donors (Lipinski definition) is 2. The van der Waals surface area contributed by atoms with Gasteiger partial charge in [-0.25, -0.2) is 0 Å². The molecule has 0 aliphatic carbocycles. The van der Waals surface area contributed by atoms with Crippen molar-refractivity contribution in [2.75, 3.05) is 27.5 Å². The number of fused-ring (bicyclic) bond motifs is 1. The normalized spacial score (nSPS) is 15.0. The molecule has 0 spiro atoms. The Morgan fingerprint density at radius 1 is 1.41 bits per heavy atom. The van der Waals surface area contributed by atoms with Crippen molar-refractivity contribution in [3.05, 3.63) is 23.3 Å². The van der Waals surface area contributed by atoms with E-state index < -0.39 is 6.10 Å². The van der Waals surface area contributed by atoms with E-state index in [1.807, 2.05) is 12.1 Å². The molecule has 1 aliphatic rings. The van der Waals surface area contributed by atoms with Crippen molar-refractivity contribution < 1.29 is 19.3 Å². The van der Waals surface area contributed by atoms with Crippen molar-refractivity contribution in [3.63, 3.8) is 0 Å². The summed E-state index contributed by atoms with van der Waals surface area (Å²) in [4.78, 5) is 0. The zero-order valence-corrected chi connectivity index (χ0v) is 10.0. The molecule has 0 aromatic heterocycles. The van der Waals surface area contributed by atoms with Gasteiger partial charge in [0.2, 0.25) is 6.79 Å². The zero-order valence-electron chi connectivity index (χ0n) is 10.0. The SMILES string of the molecule is CNCC(O)c1cc2c(cc1COC)OCO2. The van der Waals surface area contributed by atoms with Gasteiger partial charge >= 0.3 is 0 Å². The summed E-state index contributed by atoms with van der Waals surface area (Å²) in [5.74, 6) is 1.38. The molecule has 1 heterocycles. The number of rotatable bonds is 5. The summed E-state index contributed by atoms with van der Waals surface area (Å²) in [6.45, 7) is 1.15. The fourth-order valence-electron chi connectivity index (χ4n) is 1.89. The first kappa shape index (κ1) is 12.2. The van der Waals surface area contributed by atoms with Gasteiger partial charge in [0.1, 0.15) is 0 Å². The lowest BCUT2D eigenvalue weighted by Crippen LogP contribution is -2.18. The van der Waals surface area contributed by atoms with Gasteiger partial charge in [0.25, 0.3) is 0 Å². The number of nitrogens with one attached hydrogen (secondary N) is 1.